The number of fused-ring (bicyclic) bond motifs is 1. The van der Waals surface area contributed by atoms with Crippen molar-refractivity contribution in [2.45, 2.75) is 50.0 Å². The van der Waals surface area contributed by atoms with Gasteiger partial charge in [0.25, 0.3) is 0 Å². The molecule has 0 unspecified atom stereocenters. The summed E-state index contributed by atoms with van der Waals surface area (Å²) in [5, 5.41) is 12.4. The van der Waals surface area contributed by atoms with Crippen molar-refractivity contribution in [2.75, 3.05) is 99.0 Å². The Morgan fingerprint density at radius 2 is 1.31 bits per heavy atom. The van der Waals surface area contributed by atoms with E-state index < -0.39 is 0 Å². The molecule has 9 heteroatoms. The average molecular weight is 552 g/mol. The fraction of sp³-hybridized carbons (Fsp3) is 0.800. The van der Waals surface area contributed by atoms with Crippen LogP contribution in [0, 0.1) is 5.92 Å². The van der Waals surface area contributed by atoms with Crippen LogP contribution in [0.2, 0.25) is 0 Å². The third-order valence-corrected chi connectivity index (χ3v) is 8.24. The lowest BCUT2D eigenvalue weighted by atomic mass is 9.53. The van der Waals surface area contributed by atoms with E-state index in [1.807, 2.05) is 0 Å². The van der Waals surface area contributed by atoms with E-state index in [1.165, 1.54) is 37.7 Å². The first-order chi connectivity index (χ1) is 19.3. The van der Waals surface area contributed by atoms with E-state index in [4.69, 9.17) is 38.3 Å². The molecule has 1 heterocycles. The highest BCUT2D eigenvalue weighted by Crippen LogP contribution is 2.55. The van der Waals surface area contributed by atoms with E-state index in [2.05, 4.69) is 23.5 Å². The molecule has 0 aromatic heterocycles. The summed E-state index contributed by atoms with van der Waals surface area (Å²) in [6, 6.07) is 7.29. The SMILES string of the molecule is OCCOCCOCCOCCOCCOCCOCCOc1cccc2c1C[C@H]1NCC[C@@]23CCCC[C@@H]13. The molecule has 4 rings (SSSR count). The molecule has 0 radical (unpaired) electrons. The van der Waals surface area contributed by atoms with Crippen LogP contribution in [0.1, 0.15) is 43.2 Å². The molecular formula is C30H49NO8. The molecule has 1 aliphatic heterocycles. The normalized spacial score (nSPS) is 23.8. The Balaban J connectivity index is 0.984. The van der Waals surface area contributed by atoms with Crippen molar-refractivity contribution in [1.82, 2.24) is 5.32 Å². The summed E-state index contributed by atoms with van der Waals surface area (Å²) in [4.78, 5) is 0. The van der Waals surface area contributed by atoms with Crippen LogP contribution in [0.25, 0.3) is 0 Å². The van der Waals surface area contributed by atoms with Gasteiger partial charge in [0, 0.05) is 11.5 Å². The lowest BCUT2D eigenvalue weighted by Gasteiger charge is -2.56. The van der Waals surface area contributed by atoms with E-state index >= 15 is 0 Å². The Morgan fingerprint density at radius 3 is 1.92 bits per heavy atom. The Bertz CT molecular complexity index is 807. The third kappa shape index (κ3) is 9.10. The van der Waals surface area contributed by atoms with Crippen molar-refractivity contribution in [3.05, 3.63) is 29.3 Å². The zero-order chi connectivity index (χ0) is 27.0. The molecule has 0 spiro atoms. The van der Waals surface area contributed by atoms with Gasteiger partial charge in [-0.25, -0.2) is 0 Å². The molecule has 222 valence electrons. The van der Waals surface area contributed by atoms with Gasteiger partial charge in [0.05, 0.1) is 85.9 Å². The van der Waals surface area contributed by atoms with Crippen LogP contribution in [-0.2, 0) is 40.3 Å². The van der Waals surface area contributed by atoms with Gasteiger partial charge in [0.2, 0.25) is 0 Å². The molecule has 9 nitrogen and oxygen atoms in total. The molecule has 2 N–H and O–H groups in total. The number of rotatable bonds is 21. The zero-order valence-corrected chi connectivity index (χ0v) is 23.5. The minimum atomic E-state index is 0.0349. The maximum absolute atomic E-state index is 8.60. The largest absolute Gasteiger partial charge is 0.491 e. The van der Waals surface area contributed by atoms with Crippen LogP contribution < -0.4 is 10.1 Å². The quantitative estimate of drug-likeness (QED) is 0.223. The highest BCUT2D eigenvalue weighted by Gasteiger charge is 2.51. The van der Waals surface area contributed by atoms with Gasteiger partial charge in [-0.05, 0) is 55.3 Å². The summed E-state index contributed by atoms with van der Waals surface area (Å²) in [6.45, 7) is 7.84. The molecule has 0 amide bonds. The first-order valence-corrected chi connectivity index (χ1v) is 14.9. The number of hydrogen-bond acceptors (Lipinski definition) is 9. The van der Waals surface area contributed by atoms with Gasteiger partial charge >= 0.3 is 0 Å². The maximum atomic E-state index is 8.60. The van der Waals surface area contributed by atoms with E-state index in [9.17, 15) is 0 Å². The van der Waals surface area contributed by atoms with E-state index in [-0.39, 0.29) is 6.61 Å². The predicted molar refractivity (Wildman–Crippen MR) is 148 cm³/mol. The minimum absolute atomic E-state index is 0.0349. The molecule has 1 saturated heterocycles. The first-order valence-electron chi connectivity index (χ1n) is 14.9. The second kappa shape index (κ2) is 17.5. The second-order valence-electron chi connectivity index (χ2n) is 10.6. The van der Waals surface area contributed by atoms with Crippen LogP contribution in [0.4, 0.5) is 0 Å². The highest BCUT2D eigenvalue weighted by atomic mass is 16.6. The predicted octanol–water partition coefficient (Wildman–Crippen LogP) is 2.50. The van der Waals surface area contributed by atoms with E-state index in [0.29, 0.717) is 97.3 Å². The topological polar surface area (TPSA) is 96.9 Å². The highest BCUT2D eigenvalue weighted by molar-refractivity contribution is 5.49. The van der Waals surface area contributed by atoms with Crippen LogP contribution in [0.3, 0.4) is 0 Å². The van der Waals surface area contributed by atoms with Gasteiger partial charge in [-0.15, -0.1) is 0 Å². The fourth-order valence-electron chi connectivity index (χ4n) is 6.54. The Hall–Kier alpha value is -1.30. The fourth-order valence-corrected chi connectivity index (χ4v) is 6.54. The van der Waals surface area contributed by atoms with Crippen LogP contribution in [0.5, 0.6) is 5.75 Å². The van der Waals surface area contributed by atoms with Gasteiger partial charge in [0.1, 0.15) is 12.4 Å². The van der Waals surface area contributed by atoms with Crippen molar-refractivity contribution in [1.29, 1.82) is 0 Å². The summed E-state index contributed by atoms with van der Waals surface area (Å²) >= 11 is 0. The number of hydrogen-bond donors (Lipinski definition) is 2. The van der Waals surface area contributed by atoms with Gasteiger partial charge in [-0.3, -0.25) is 0 Å². The Labute approximate surface area is 233 Å². The summed E-state index contributed by atoms with van der Waals surface area (Å²) in [5.41, 5.74) is 3.35. The molecule has 3 atom stereocenters. The van der Waals surface area contributed by atoms with Crippen LogP contribution in [0.15, 0.2) is 18.2 Å². The summed E-state index contributed by atoms with van der Waals surface area (Å²) in [6.07, 6.45) is 7.75. The minimum Gasteiger partial charge on any atom is -0.491 e. The van der Waals surface area contributed by atoms with E-state index in [0.717, 1.165) is 24.6 Å². The number of nitrogens with one attached hydrogen (secondary N) is 1. The van der Waals surface area contributed by atoms with Crippen molar-refractivity contribution >= 4 is 0 Å². The molecule has 2 aliphatic carbocycles. The summed E-state index contributed by atoms with van der Waals surface area (Å²) in [7, 11) is 0. The molecule has 39 heavy (non-hydrogen) atoms. The van der Waals surface area contributed by atoms with Gasteiger partial charge in [-0.2, -0.15) is 0 Å². The molecule has 1 saturated carbocycles. The van der Waals surface area contributed by atoms with Crippen molar-refractivity contribution in [3.63, 3.8) is 0 Å². The number of piperidine rings is 1. The summed E-state index contributed by atoms with van der Waals surface area (Å²) < 4.78 is 38.9. The third-order valence-electron chi connectivity index (χ3n) is 8.24. The van der Waals surface area contributed by atoms with Crippen molar-refractivity contribution < 1.29 is 38.3 Å². The van der Waals surface area contributed by atoms with Crippen molar-refractivity contribution in [2.24, 2.45) is 5.92 Å². The number of aliphatic hydroxyl groups is 1. The van der Waals surface area contributed by atoms with Gasteiger partial charge in [-0.1, -0.05) is 25.0 Å². The van der Waals surface area contributed by atoms with E-state index in [1.54, 1.807) is 5.56 Å². The second-order valence-corrected chi connectivity index (χ2v) is 10.6. The van der Waals surface area contributed by atoms with Gasteiger partial charge in [0.15, 0.2) is 0 Å². The Morgan fingerprint density at radius 1 is 0.718 bits per heavy atom. The molecule has 1 aromatic rings. The smallest absolute Gasteiger partial charge is 0.122 e. The lowest BCUT2D eigenvalue weighted by Crippen LogP contribution is -2.59. The lowest BCUT2D eigenvalue weighted by molar-refractivity contribution is -0.0191. The standard InChI is InChI=1S/C30H49NO8/c32-10-11-33-12-13-34-14-15-35-16-17-36-18-19-37-20-21-38-22-23-39-29-6-3-5-26-25(29)24-28-27-4-1-2-7-30(26,27)8-9-31-28/h3,5-6,27-28,31-32H,1-2,4,7-24H2/t27-,28+,30-/m0/s1. The van der Waals surface area contributed by atoms with Crippen LogP contribution >= 0.6 is 0 Å². The summed E-state index contributed by atoms with van der Waals surface area (Å²) in [5.74, 6) is 1.83. The maximum Gasteiger partial charge on any atom is 0.122 e. The molecule has 3 aliphatic rings. The van der Waals surface area contributed by atoms with Gasteiger partial charge < -0.3 is 43.6 Å². The monoisotopic (exact) mass is 551 g/mol. The number of ether oxygens (including phenoxy) is 7. The molecule has 2 bridgehead atoms. The molecule has 1 aromatic carbocycles. The van der Waals surface area contributed by atoms with Crippen molar-refractivity contribution in [3.8, 4) is 5.75 Å². The average Bonchev–Trinajstić information content (AvgIpc) is 2.96. The number of aliphatic hydroxyl groups excluding tert-OH is 1. The van der Waals surface area contributed by atoms with Crippen LogP contribution in [-0.4, -0.2) is 110 Å². The molecular weight excluding hydrogens is 502 g/mol. The Kier molecular flexibility index (Phi) is 13.8. The first kappa shape index (κ1) is 30.7. The number of benzene rings is 1. The zero-order valence-electron chi connectivity index (χ0n) is 23.5. The molecule has 2 fully saturated rings.